The van der Waals surface area contributed by atoms with Crippen LogP contribution < -0.4 is 4.72 Å². The molecule has 0 spiro atoms. The fraction of sp³-hybridized carbons (Fsp3) is 0.375. The van der Waals surface area contributed by atoms with E-state index in [0.29, 0.717) is 0 Å². The molecule has 24 heavy (non-hydrogen) atoms. The molecule has 0 amide bonds. The Morgan fingerprint density at radius 2 is 2.04 bits per heavy atom. The van der Waals surface area contributed by atoms with Crippen molar-refractivity contribution in [2.24, 2.45) is 5.92 Å². The Morgan fingerprint density at radius 1 is 1.42 bits per heavy atom. The molecule has 0 fully saturated rings. The highest BCUT2D eigenvalue weighted by Crippen LogP contribution is 2.25. The first kappa shape index (κ1) is 20.8. The van der Waals surface area contributed by atoms with Crippen LogP contribution in [0.1, 0.15) is 27.2 Å². The van der Waals surface area contributed by atoms with E-state index < -0.39 is 26.7 Å². The number of nitro benzene ring substituents is 1. The number of nitro groups is 1. The molecule has 0 unspecified atom stereocenters. The lowest BCUT2D eigenvalue weighted by atomic mass is 9.96. The maximum absolute atomic E-state index is 12.7. The Balaban J connectivity index is 3.31. The molecule has 2 atom stereocenters. The summed E-state index contributed by atoms with van der Waals surface area (Å²) in [6, 6.07) is 4.88. The molecule has 0 bridgehead atoms. The molecule has 0 aliphatic heterocycles. The first-order valence-electron chi connectivity index (χ1n) is 7.43. The normalized spacial score (nSPS) is 15.4. The standard InChI is InChI=1S/C16H21IN2O4S/c1-4-7-12(2)16(13(3)10-11-17)18-24(22,23)15-9-6-5-8-14(15)19(20)21/h5-11,13,16,18H,4H2,1-3H3/b11-10+,12-7+/t13-,16+/m0/s1. The third-order valence-electron chi connectivity index (χ3n) is 3.55. The van der Waals surface area contributed by atoms with Crippen molar-refractivity contribution >= 4 is 38.3 Å². The van der Waals surface area contributed by atoms with Gasteiger partial charge in [-0.15, -0.1) is 0 Å². The molecule has 1 rings (SSSR count). The molecule has 1 aromatic rings. The van der Waals surface area contributed by atoms with Gasteiger partial charge in [0, 0.05) is 12.1 Å². The van der Waals surface area contributed by atoms with Crippen molar-refractivity contribution < 1.29 is 13.3 Å². The minimum absolute atomic E-state index is 0.0951. The van der Waals surface area contributed by atoms with Gasteiger partial charge in [-0.3, -0.25) is 10.1 Å². The smallest absolute Gasteiger partial charge is 0.258 e. The van der Waals surface area contributed by atoms with E-state index >= 15 is 0 Å². The van der Waals surface area contributed by atoms with Crippen LogP contribution in [0.25, 0.3) is 0 Å². The van der Waals surface area contributed by atoms with E-state index in [1.807, 2.05) is 37.0 Å². The first-order chi connectivity index (χ1) is 11.2. The van der Waals surface area contributed by atoms with Gasteiger partial charge in [0.25, 0.3) is 5.69 Å². The second-order valence-electron chi connectivity index (χ2n) is 5.36. The highest BCUT2D eigenvalue weighted by atomic mass is 127. The Hall–Kier alpha value is -1.26. The van der Waals surface area contributed by atoms with Crippen LogP contribution >= 0.6 is 22.6 Å². The number of hydrogen-bond donors (Lipinski definition) is 1. The highest BCUT2D eigenvalue weighted by molar-refractivity contribution is 14.1. The first-order valence-corrected chi connectivity index (χ1v) is 10.2. The van der Waals surface area contributed by atoms with Crippen molar-refractivity contribution in [1.29, 1.82) is 0 Å². The number of rotatable bonds is 8. The van der Waals surface area contributed by atoms with Crippen molar-refractivity contribution in [1.82, 2.24) is 4.72 Å². The van der Waals surface area contributed by atoms with Gasteiger partial charge in [0.15, 0.2) is 4.90 Å². The second-order valence-corrected chi connectivity index (χ2v) is 7.76. The number of para-hydroxylation sites is 1. The number of hydrogen-bond acceptors (Lipinski definition) is 4. The van der Waals surface area contributed by atoms with E-state index in [-0.39, 0.29) is 10.8 Å². The number of sulfonamides is 1. The molecule has 0 saturated carbocycles. The molecule has 0 aromatic heterocycles. The van der Waals surface area contributed by atoms with Gasteiger partial charge in [0.05, 0.1) is 4.92 Å². The number of allylic oxidation sites excluding steroid dienone is 1. The van der Waals surface area contributed by atoms with Crippen LogP contribution in [0.2, 0.25) is 0 Å². The van der Waals surface area contributed by atoms with E-state index in [2.05, 4.69) is 27.3 Å². The Morgan fingerprint density at radius 3 is 2.58 bits per heavy atom. The zero-order valence-corrected chi connectivity index (χ0v) is 16.7. The fourth-order valence-electron chi connectivity index (χ4n) is 2.36. The number of nitrogens with zero attached hydrogens (tertiary/aromatic N) is 1. The molecule has 1 N–H and O–H groups in total. The molecule has 8 heteroatoms. The zero-order valence-electron chi connectivity index (χ0n) is 13.8. The van der Waals surface area contributed by atoms with Crippen molar-refractivity contribution in [3.8, 4) is 0 Å². The minimum atomic E-state index is -4.03. The van der Waals surface area contributed by atoms with Crippen LogP contribution in [-0.4, -0.2) is 19.4 Å². The summed E-state index contributed by atoms with van der Waals surface area (Å²) in [6.07, 6.45) is 4.61. The Kier molecular flexibility index (Phi) is 8.04. The van der Waals surface area contributed by atoms with Crippen LogP contribution in [-0.2, 0) is 10.0 Å². The third kappa shape index (κ3) is 5.38. The van der Waals surface area contributed by atoms with Crippen LogP contribution in [0.15, 0.2) is 51.0 Å². The summed E-state index contributed by atoms with van der Waals surface area (Å²) in [4.78, 5) is 10.1. The summed E-state index contributed by atoms with van der Waals surface area (Å²) in [5.74, 6) is -0.0951. The summed E-state index contributed by atoms with van der Waals surface area (Å²) < 4.78 is 29.9. The van der Waals surface area contributed by atoms with Gasteiger partial charge in [-0.25, -0.2) is 13.1 Å². The fourth-order valence-corrected chi connectivity index (χ4v) is 4.55. The largest absolute Gasteiger partial charge is 0.289 e. The average Bonchev–Trinajstić information content (AvgIpc) is 2.53. The van der Waals surface area contributed by atoms with Gasteiger partial charge in [-0.05, 0) is 29.4 Å². The maximum Gasteiger partial charge on any atom is 0.289 e. The minimum Gasteiger partial charge on any atom is -0.258 e. The van der Waals surface area contributed by atoms with E-state index in [9.17, 15) is 18.5 Å². The summed E-state index contributed by atoms with van der Waals surface area (Å²) in [6.45, 7) is 5.72. The van der Waals surface area contributed by atoms with Crippen molar-refractivity contribution in [3.63, 3.8) is 0 Å². The van der Waals surface area contributed by atoms with Gasteiger partial charge in [0.2, 0.25) is 10.0 Å². The Labute approximate surface area is 156 Å². The van der Waals surface area contributed by atoms with Crippen molar-refractivity contribution in [2.75, 3.05) is 0 Å². The Bertz CT molecular complexity index is 744. The van der Waals surface area contributed by atoms with Crippen LogP contribution in [0.3, 0.4) is 0 Å². The third-order valence-corrected chi connectivity index (χ3v) is 5.46. The lowest BCUT2D eigenvalue weighted by molar-refractivity contribution is -0.387. The number of halogens is 1. The second kappa shape index (κ2) is 9.28. The van der Waals surface area contributed by atoms with Crippen LogP contribution in [0.4, 0.5) is 5.69 Å². The molecule has 0 radical (unpaired) electrons. The van der Waals surface area contributed by atoms with Crippen LogP contribution in [0.5, 0.6) is 0 Å². The monoisotopic (exact) mass is 464 g/mol. The number of nitrogens with one attached hydrogen (secondary N) is 1. The quantitative estimate of drug-likeness (QED) is 0.271. The summed E-state index contributed by atoms with van der Waals surface area (Å²) >= 11 is 2.08. The molecule has 6 nitrogen and oxygen atoms in total. The predicted octanol–water partition coefficient (Wildman–Crippen LogP) is 4.18. The van der Waals surface area contributed by atoms with Gasteiger partial charge in [0.1, 0.15) is 0 Å². The lowest BCUT2D eigenvalue weighted by Crippen LogP contribution is -2.40. The van der Waals surface area contributed by atoms with Gasteiger partial charge >= 0.3 is 0 Å². The molecule has 0 aliphatic carbocycles. The SMILES string of the molecule is CC/C=C(\C)[C@@H](NS(=O)(=O)c1ccccc1[N+](=O)[O-])[C@@H](C)/C=C/I. The van der Waals surface area contributed by atoms with Crippen molar-refractivity contribution in [2.45, 2.75) is 38.1 Å². The van der Waals surface area contributed by atoms with Gasteiger partial charge in [-0.1, -0.05) is 66.3 Å². The zero-order chi connectivity index (χ0) is 18.3. The highest BCUT2D eigenvalue weighted by Gasteiger charge is 2.29. The predicted molar refractivity (Wildman–Crippen MR) is 104 cm³/mol. The molecule has 0 heterocycles. The van der Waals surface area contributed by atoms with Crippen LogP contribution in [0, 0.1) is 16.0 Å². The van der Waals surface area contributed by atoms with Gasteiger partial charge < -0.3 is 0 Å². The summed E-state index contributed by atoms with van der Waals surface area (Å²) in [7, 11) is -4.03. The van der Waals surface area contributed by atoms with E-state index in [1.54, 1.807) is 0 Å². The molecular formula is C16H21IN2O4S. The molecular weight excluding hydrogens is 443 g/mol. The van der Waals surface area contributed by atoms with E-state index in [0.717, 1.165) is 12.0 Å². The van der Waals surface area contributed by atoms with E-state index in [4.69, 9.17) is 0 Å². The molecule has 0 aliphatic rings. The average molecular weight is 464 g/mol. The lowest BCUT2D eigenvalue weighted by Gasteiger charge is -2.24. The summed E-state index contributed by atoms with van der Waals surface area (Å²) in [5.41, 5.74) is 0.444. The van der Waals surface area contributed by atoms with Gasteiger partial charge in [-0.2, -0.15) is 0 Å². The molecule has 0 saturated heterocycles. The maximum atomic E-state index is 12.7. The molecule has 1 aromatic carbocycles. The number of benzene rings is 1. The summed E-state index contributed by atoms with van der Waals surface area (Å²) in [5, 5.41) is 11.1. The molecule has 132 valence electrons. The topological polar surface area (TPSA) is 89.3 Å². The van der Waals surface area contributed by atoms with E-state index in [1.165, 1.54) is 24.3 Å². The van der Waals surface area contributed by atoms with Crippen molar-refractivity contribution in [3.05, 3.63) is 56.2 Å².